The van der Waals surface area contributed by atoms with Crippen molar-refractivity contribution in [1.29, 1.82) is 0 Å². The molecule has 6 rings (SSSR count). The van der Waals surface area contributed by atoms with Crippen LogP contribution in [0.4, 0.5) is 11.4 Å². The Kier molecular flexibility index (Phi) is 11.4. The van der Waals surface area contributed by atoms with Crippen molar-refractivity contribution in [3.05, 3.63) is 106 Å². The summed E-state index contributed by atoms with van der Waals surface area (Å²) in [7, 11) is 0. The van der Waals surface area contributed by atoms with Crippen LogP contribution >= 0.6 is 35.4 Å². The highest BCUT2D eigenvalue weighted by Gasteiger charge is 2.46. The largest absolute Gasteiger partial charge is 0.491 e. The lowest BCUT2D eigenvalue weighted by Crippen LogP contribution is -2.46. The van der Waals surface area contributed by atoms with E-state index in [0.717, 1.165) is 49.7 Å². The van der Waals surface area contributed by atoms with Gasteiger partial charge in [0.2, 0.25) is 10.6 Å². The number of piperazine rings is 1. The van der Waals surface area contributed by atoms with Crippen LogP contribution in [0.15, 0.2) is 102 Å². The monoisotopic (exact) mass is 736 g/mol. The van der Waals surface area contributed by atoms with Gasteiger partial charge in [0.05, 0.1) is 30.1 Å². The smallest absolute Gasteiger partial charge is 0.218 e. The third kappa shape index (κ3) is 8.00. The summed E-state index contributed by atoms with van der Waals surface area (Å²) in [6.07, 6.45) is 8.94. The van der Waals surface area contributed by atoms with Gasteiger partial charge in [-0.2, -0.15) is 20.1 Å². The minimum Gasteiger partial charge on any atom is -0.491 e. The molecule has 0 spiro atoms. The molecule has 50 heavy (non-hydrogen) atoms. The highest BCUT2D eigenvalue weighted by atomic mass is 35.5. The molecular formula is C36H42Cl2N8O3S. The van der Waals surface area contributed by atoms with E-state index < -0.39 is 5.79 Å². The van der Waals surface area contributed by atoms with E-state index in [9.17, 15) is 0 Å². The van der Waals surface area contributed by atoms with Crippen molar-refractivity contribution < 1.29 is 14.2 Å². The second-order valence-electron chi connectivity index (χ2n) is 12.3. The highest BCUT2D eigenvalue weighted by Crippen LogP contribution is 2.38. The molecule has 0 saturated carbocycles. The third-order valence-electron chi connectivity index (χ3n) is 9.08. The molecule has 4 heterocycles. The fourth-order valence-electron chi connectivity index (χ4n) is 5.93. The number of hydrogen-bond donors (Lipinski definition) is 0. The molecule has 2 aromatic carbocycles. The van der Waals surface area contributed by atoms with Gasteiger partial charge in [-0.15, -0.1) is 0 Å². The predicted molar refractivity (Wildman–Crippen MR) is 200 cm³/mol. The van der Waals surface area contributed by atoms with Crippen LogP contribution in [0.5, 0.6) is 5.75 Å². The average molecular weight is 738 g/mol. The zero-order valence-electron chi connectivity index (χ0n) is 28.5. The van der Waals surface area contributed by atoms with Crippen LogP contribution in [0.1, 0.15) is 33.2 Å². The summed E-state index contributed by atoms with van der Waals surface area (Å²) in [6, 6.07) is 17.0. The van der Waals surface area contributed by atoms with E-state index in [-0.39, 0.29) is 31.9 Å². The number of aromatic nitrogens is 6. The number of ether oxygens (including phenoxy) is 3. The molecule has 2 aliphatic rings. The molecule has 0 aliphatic carbocycles. The molecule has 2 fully saturated rings. The fourth-order valence-corrected chi connectivity index (χ4v) is 6.73. The Labute approximate surface area is 307 Å². The topological polar surface area (TPSA) is 87.6 Å². The van der Waals surface area contributed by atoms with Crippen molar-refractivity contribution in [2.75, 3.05) is 49.2 Å². The number of rotatable bonds is 13. The maximum Gasteiger partial charge on any atom is 0.218 e. The summed E-state index contributed by atoms with van der Waals surface area (Å²) in [5.74, 6) is -0.529. The molecule has 14 heteroatoms. The van der Waals surface area contributed by atoms with Gasteiger partial charge in [0, 0.05) is 53.8 Å². The summed E-state index contributed by atoms with van der Waals surface area (Å²) in [4.78, 5) is 6.29. The number of benzene rings is 2. The molecular weight excluding hydrogens is 695 g/mol. The van der Waals surface area contributed by atoms with Crippen molar-refractivity contribution in [3.8, 4) is 11.4 Å². The Morgan fingerprint density at radius 2 is 1.60 bits per heavy atom. The van der Waals surface area contributed by atoms with Crippen LogP contribution in [0.2, 0.25) is 0 Å². The van der Waals surface area contributed by atoms with E-state index in [0.29, 0.717) is 20.4 Å². The summed E-state index contributed by atoms with van der Waals surface area (Å²) in [6.45, 7) is 14.7. The highest BCUT2D eigenvalue weighted by molar-refractivity contribution is 7.71. The molecule has 3 atom stereocenters. The molecule has 11 nitrogen and oxygen atoms in total. The first kappa shape index (κ1) is 35.9. The number of nitrogens with zero attached hydrogens (tertiary/aromatic N) is 8. The van der Waals surface area contributed by atoms with Crippen LogP contribution in [-0.2, 0) is 16.0 Å². The Morgan fingerprint density at radius 3 is 2.20 bits per heavy atom. The van der Waals surface area contributed by atoms with Gasteiger partial charge in [-0.25, -0.2) is 4.68 Å². The molecule has 2 saturated heterocycles. The van der Waals surface area contributed by atoms with E-state index in [2.05, 4.69) is 81.9 Å². The van der Waals surface area contributed by atoms with Crippen LogP contribution < -0.4 is 14.5 Å². The van der Waals surface area contributed by atoms with Crippen LogP contribution in [0.3, 0.4) is 0 Å². The molecule has 264 valence electrons. The summed E-state index contributed by atoms with van der Waals surface area (Å²) in [5.41, 5.74) is 3.80. The Morgan fingerprint density at radius 1 is 1.00 bits per heavy atom. The Balaban J connectivity index is 1.01. The van der Waals surface area contributed by atoms with Crippen molar-refractivity contribution in [1.82, 2.24) is 29.3 Å². The number of hydrogen-bond acceptors (Lipinski definition) is 9. The van der Waals surface area contributed by atoms with Gasteiger partial charge < -0.3 is 24.0 Å². The van der Waals surface area contributed by atoms with E-state index >= 15 is 0 Å². The fraction of sp³-hybridized carbons (Fsp3) is 0.389. The quantitative estimate of drug-likeness (QED) is 0.104. The molecule has 0 bridgehead atoms. The van der Waals surface area contributed by atoms with Gasteiger partial charge in [0.15, 0.2) is 0 Å². The van der Waals surface area contributed by atoms with Crippen molar-refractivity contribution in [3.63, 3.8) is 0 Å². The number of allylic oxidation sites excluding steroid dienone is 3. The van der Waals surface area contributed by atoms with Gasteiger partial charge in [-0.3, -0.25) is 4.57 Å². The molecule has 2 aromatic heterocycles. The second-order valence-corrected chi connectivity index (χ2v) is 13.5. The van der Waals surface area contributed by atoms with E-state index in [1.165, 1.54) is 10.5 Å². The molecule has 1 unspecified atom stereocenters. The van der Waals surface area contributed by atoms with Crippen molar-refractivity contribution in [2.24, 2.45) is 0 Å². The third-order valence-corrected chi connectivity index (χ3v) is 10.1. The Hall–Kier alpha value is -3.94. The van der Waals surface area contributed by atoms with Gasteiger partial charge in [-0.1, -0.05) is 42.8 Å². The number of anilines is 2. The van der Waals surface area contributed by atoms with Crippen LogP contribution in [-0.4, -0.2) is 80.6 Å². The van der Waals surface area contributed by atoms with Crippen molar-refractivity contribution in [2.45, 2.75) is 51.7 Å². The van der Waals surface area contributed by atoms with Gasteiger partial charge in [-0.05, 0) is 87.1 Å². The Bertz CT molecular complexity index is 1870. The summed E-state index contributed by atoms with van der Waals surface area (Å²) < 4.78 is 23.3. The van der Waals surface area contributed by atoms with E-state index in [4.69, 9.17) is 49.6 Å². The second kappa shape index (κ2) is 15.9. The van der Waals surface area contributed by atoms with Crippen molar-refractivity contribution >= 4 is 46.8 Å². The van der Waals surface area contributed by atoms with Gasteiger partial charge in [0.1, 0.15) is 31.3 Å². The zero-order chi connectivity index (χ0) is 35.3. The maximum atomic E-state index is 6.58. The number of halogens is 2. The van der Waals surface area contributed by atoms with Crippen LogP contribution in [0, 0.1) is 4.77 Å². The SMILES string of the molecule is C=C(/C(Cl)=C\C(Cl)=C/C)[C@]1(Cn2nccn2)OC[C@@H](COc2ccc(N3CCN(c4ccc(-n5cnn(C(C)CC)c5=S)cc4)CC3)cc2)O1. The lowest BCUT2D eigenvalue weighted by atomic mass is 10.1. The van der Waals surface area contributed by atoms with Crippen LogP contribution in [0.25, 0.3) is 5.69 Å². The summed E-state index contributed by atoms with van der Waals surface area (Å²) in [5, 5.41) is 13.7. The molecule has 0 N–H and O–H groups in total. The first-order chi connectivity index (χ1) is 24.2. The maximum absolute atomic E-state index is 6.58. The minimum absolute atomic E-state index is 0.167. The van der Waals surface area contributed by atoms with E-state index in [1.54, 1.807) is 30.9 Å². The predicted octanol–water partition coefficient (Wildman–Crippen LogP) is 7.30. The normalized spacial score (nSPS) is 20.7. The molecule has 4 aromatic rings. The lowest BCUT2D eigenvalue weighted by molar-refractivity contribution is -0.152. The summed E-state index contributed by atoms with van der Waals surface area (Å²) >= 11 is 18.5. The standard InChI is InChI=1S/C36H42Cl2N8O3S/c1-5-26(3)46-35(50)44(25-41-46)31-9-7-29(8-10-31)42-17-19-43(20-18-42)30-11-13-32(14-12-30)47-22-33-23-48-36(49-33,24-45-39-15-16-40-45)27(4)34(38)21-28(37)6-2/h6-16,21,25-26,33H,4-5,17-20,22-24H2,1-3H3/b28-6+,34-21+/t26?,33-,36-/m1/s1. The molecule has 0 radical (unpaired) electrons. The first-order valence-electron chi connectivity index (χ1n) is 16.7. The van der Waals surface area contributed by atoms with Gasteiger partial charge >= 0.3 is 0 Å². The molecule has 2 aliphatic heterocycles. The minimum atomic E-state index is -1.27. The zero-order valence-corrected chi connectivity index (χ0v) is 30.8. The average Bonchev–Trinajstić information content (AvgIpc) is 3.91. The molecule has 0 amide bonds. The van der Waals surface area contributed by atoms with Gasteiger partial charge in [0.25, 0.3) is 0 Å². The first-order valence-corrected chi connectivity index (χ1v) is 17.9. The lowest BCUT2D eigenvalue weighted by Gasteiger charge is -2.37. The van der Waals surface area contributed by atoms with E-state index in [1.807, 2.05) is 28.3 Å².